The number of nitrogens with one attached hydrogen (secondary N) is 1. The lowest BCUT2D eigenvalue weighted by Crippen LogP contribution is -2.17. The van der Waals surface area contributed by atoms with Crippen LogP contribution < -0.4 is 10.1 Å². The Bertz CT molecular complexity index is 1070. The molecule has 1 amide bonds. The fourth-order valence-electron chi connectivity index (χ4n) is 3.69. The second kappa shape index (κ2) is 10.7. The van der Waals surface area contributed by atoms with Crippen LogP contribution in [0.2, 0.25) is 0 Å². The molecular formula is C25H32N4O2S. The third-order valence-corrected chi connectivity index (χ3v) is 6.48. The first-order valence-electron chi connectivity index (χ1n) is 11.0. The number of amides is 1. The molecule has 7 heteroatoms. The maximum absolute atomic E-state index is 12.7. The van der Waals surface area contributed by atoms with E-state index >= 15 is 0 Å². The number of para-hydroxylation sites is 1. The van der Waals surface area contributed by atoms with Crippen LogP contribution in [0.25, 0.3) is 0 Å². The van der Waals surface area contributed by atoms with Crippen molar-refractivity contribution in [2.45, 2.75) is 58.7 Å². The lowest BCUT2D eigenvalue weighted by Gasteiger charge is -2.16. The van der Waals surface area contributed by atoms with Gasteiger partial charge in [-0.2, -0.15) is 0 Å². The third kappa shape index (κ3) is 5.51. The summed E-state index contributed by atoms with van der Waals surface area (Å²) in [6.07, 6.45) is 1.49. The molecule has 0 aliphatic rings. The van der Waals surface area contributed by atoms with Gasteiger partial charge < -0.3 is 14.6 Å². The van der Waals surface area contributed by atoms with E-state index in [1.54, 1.807) is 0 Å². The number of thioether (sulfide) groups is 1. The molecule has 1 aromatic heterocycles. The SMILES string of the molecule is CCc1cccc(CC)c1NC(=O)CSc1nnc(C(C)Oc2ccc(C)cc2C)n1C. The van der Waals surface area contributed by atoms with Crippen molar-refractivity contribution in [3.8, 4) is 5.75 Å². The van der Waals surface area contributed by atoms with Crippen LogP contribution in [0.3, 0.4) is 0 Å². The summed E-state index contributed by atoms with van der Waals surface area (Å²) in [5.74, 6) is 1.77. The monoisotopic (exact) mass is 452 g/mol. The molecule has 6 nitrogen and oxygen atoms in total. The second-order valence-corrected chi connectivity index (χ2v) is 8.87. The Hall–Kier alpha value is -2.80. The standard InChI is InChI=1S/C25H32N4O2S/c1-7-19-10-9-11-20(8-2)23(19)26-22(30)15-32-25-28-27-24(29(25)6)18(5)31-21-13-12-16(3)14-17(21)4/h9-14,18H,7-8,15H2,1-6H3,(H,26,30). The molecule has 1 unspecified atom stereocenters. The van der Waals surface area contributed by atoms with Gasteiger partial charge in [-0.25, -0.2) is 0 Å². The van der Waals surface area contributed by atoms with Gasteiger partial charge in [-0.05, 0) is 56.4 Å². The third-order valence-electron chi connectivity index (χ3n) is 5.46. The van der Waals surface area contributed by atoms with Crippen LogP contribution in [0, 0.1) is 13.8 Å². The molecule has 170 valence electrons. The minimum atomic E-state index is -0.263. The smallest absolute Gasteiger partial charge is 0.234 e. The number of aryl methyl sites for hydroxylation is 4. The van der Waals surface area contributed by atoms with E-state index in [1.165, 1.54) is 17.3 Å². The highest BCUT2D eigenvalue weighted by molar-refractivity contribution is 7.99. The molecule has 3 aromatic rings. The topological polar surface area (TPSA) is 69.0 Å². The Labute approximate surface area is 194 Å². The summed E-state index contributed by atoms with van der Waals surface area (Å²) in [6.45, 7) is 10.3. The zero-order chi connectivity index (χ0) is 23.3. The maximum atomic E-state index is 12.7. The number of hydrogen-bond donors (Lipinski definition) is 1. The van der Waals surface area contributed by atoms with Crippen LogP contribution >= 0.6 is 11.8 Å². The van der Waals surface area contributed by atoms with E-state index in [2.05, 4.69) is 54.5 Å². The molecule has 1 heterocycles. The summed E-state index contributed by atoms with van der Waals surface area (Å²) in [5, 5.41) is 12.4. The summed E-state index contributed by atoms with van der Waals surface area (Å²) < 4.78 is 8.02. The van der Waals surface area contributed by atoms with Gasteiger partial charge in [0.2, 0.25) is 5.91 Å². The highest BCUT2D eigenvalue weighted by Gasteiger charge is 2.19. The van der Waals surface area contributed by atoms with Gasteiger partial charge in [0.05, 0.1) is 5.75 Å². The summed E-state index contributed by atoms with van der Waals surface area (Å²) in [4.78, 5) is 12.7. The molecule has 1 N–H and O–H groups in total. The average Bonchev–Trinajstić information content (AvgIpc) is 3.14. The molecule has 2 aromatic carbocycles. The van der Waals surface area contributed by atoms with Gasteiger partial charge >= 0.3 is 0 Å². The predicted octanol–water partition coefficient (Wildman–Crippen LogP) is 5.43. The van der Waals surface area contributed by atoms with Crippen molar-refractivity contribution in [3.05, 3.63) is 64.5 Å². The molecular weight excluding hydrogens is 420 g/mol. The molecule has 0 radical (unpaired) electrons. The van der Waals surface area contributed by atoms with Crippen molar-refractivity contribution in [2.24, 2.45) is 7.05 Å². The van der Waals surface area contributed by atoms with Gasteiger partial charge in [-0.1, -0.05) is 61.5 Å². The Morgan fingerprint density at radius 1 is 1.12 bits per heavy atom. The van der Waals surface area contributed by atoms with Gasteiger partial charge in [0.1, 0.15) is 5.75 Å². The van der Waals surface area contributed by atoms with E-state index in [9.17, 15) is 4.79 Å². The first-order valence-corrected chi connectivity index (χ1v) is 12.0. The van der Waals surface area contributed by atoms with E-state index in [0.29, 0.717) is 5.16 Å². The van der Waals surface area contributed by atoms with Crippen LogP contribution in [0.15, 0.2) is 41.6 Å². The van der Waals surface area contributed by atoms with E-state index in [1.807, 2.05) is 43.7 Å². The fourth-order valence-corrected chi connectivity index (χ4v) is 4.41. The van der Waals surface area contributed by atoms with E-state index < -0.39 is 0 Å². The lowest BCUT2D eigenvalue weighted by atomic mass is 10.0. The molecule has 3 rings (SSSR count). The molecule has 0 saturated carbocycles. The Morgan fingerprint density at radius 3 is 2.44 bits per heavy atom. The summed E-state index contributed by atoms with van der Waals surface area (Å²) in [7, 11) is 1.90. The molecule has 1 atom stereocenters. The van der Waals surface area contributed by atoms with Gasteiger partial charge in [0.25, 0.3) is 0 Å². The number of carbonyl (C=O) groups is 1. The van der Waals surface area contributed by atoms with Crippen LogP contribution in [0.5, 0.6) is 5.75 Å². The highest BCUT2D eigenvalue weighted by atomic mass is 32.2. The van der Waals surface area contributed by atoms with Crippen molar-refractivity contribution in [3.63, 3.8) is 0 Å². The molecule has 0 aliphatic carbocycles. The zero-order valence-electron chi connectivity index (χ0n) is 19.7. The van der Waals surface area contributed by atoms with Crippen molar-refractivity contribution in [1.82, 2.24) is 14.8 Å². The number of benzene rings is 2. The molecule has 0 spiro atoms. The first-order chi connectivity index (χ1) is 15.3. The summed E-state index contributed by atoms with van der Waals surface area (Å²) >= 11 is 1.37. The average molecular weight is 453 g/mol. The van der Waals surface area contributed by atoms with E-state index in [4.69, 9.17) is 4.74 Å². The molecule has 32 heavy (non-hydrogen) atoms. The van der Waals surface area contributed by atoms with Crippen LogP contribution in [0.1, 0.15) is 55.0 Å². The number of hydrogen-bond acceptors (Lipinski definition) is 5. The number of nitrogens with zero attached hydrogens (tertiary/aromatic N) is 3. The molecule has 0 bridgehead atoms. The van der Waals surface area contributed by atoms with Gasteiger partial charge in [-0.15, -0.1) is 10.2 Å². The van der Waals surface area contributed by atoms with Crippen molar-refractivity contribution in [1.29, 1.82) is 0 Å². The second-order valence-electron chi connectivity index (χ2n) is 7.92. The number of carbonyl (C=O) groups excluding carboxylic acids is 1. The van der Waals surface area contributed by atoms with Gasteiger partial charge in [0.15, 0.2) is 17.1 Å². The Balaban J connectivity index is 1.64. The largest absolute Gasteiger partial charge is 0.482 e. The highest BCUT2D eigenvalue weighted by Crippen LogP contribution is 2.27. The molecule has 0 aliphatic heterocycles. The first kappa shape index (κ1) is 23.9. The Morgan fingerprint density at radius 2 is 1.81 bits per heavy atom. The van der Waals surface area contributed by atoms with Crippen LogP contribution in [-0.2, 0) is 24.7 Å². The van der Waals surface area contributed by atoms with E-state index in [0.717, 1.165) is 46.8 Å². The predicted molar refractivity (Wildman–Crippen MR) is 131 cm³/mol. The number of aromatic nitrogens is 3. The quantitative estimate of drug-likeness (QED) is 0.439. The van der Waals surface area contributed by atoms with Crippen molar-refractivity contribution < 1.29 is 9.53 Å². The lowest BCUT2D eigenvalue weighted by molar-refractivity contribution is -0.113. The fraction of sp³-hybridized carbons (Fsp3) is 0.400. The summed E-state index contributed by atoms with van der Waals surface area (Å²) in [5.41, 5.74) is 5.54. The van der Waals surface area contributed by atoms with Gasteiger partial charge in [0, 0.05) is 12.7 Å². The number of rotatable bonds is 9. The molecule has 0 fully saturated rings. The van der Waals surface area contributed by atoms with Crippen LogP contribution in [-0.4, -0.2) is 26.4 Å². The number of anilines is 1. The normalized spacial score (nSPS) is 11.9. The van der Waals surface area contributed by atoms with Gasteiger partial charge in [-0.3, -0.25) is 4.79 Å². The molecule has 0 saturated heterocycles. The van der Waals surface area contributed by atoms with Crippen molar-refractivity contribution in [2.75, 3.05) is 11.1 Å². The van der Waals surface area contributed by atoms with Crippen LogP contribution in [0.4, 0.5) is 5.69 Å². The maximum Gasteiger partial charge on any atom is 0.234 e. The minimum absolute atomic E-state index is 0.0465. The zero-order valence-corrected chi connectivity index (χ0v) is 20.5. The minimum Gasteiger partial charge on any atom is -0.482 e. The van der Waals surface area contributed by atoms with E-state index in [-0.39, 0.29) is 17.8 Å². The van der Waals surface area contributed by atoms with Crippen molar-refractivity contribution >= 4 is 23.4 Å². The number of ether oxygens (including phenoxy) is 1. The summed E-state index contributed by atoms with van der Waals surface area (Å²) in [6, 6.07) is 12.3. The Kier molecular flexibility index (Phi) is 7.96.